The summed E-state index contributed by atoms with van der Waals surface area (Å²) >= 11 is 12.2. The van der Waals surface area contributed by atoms with Crippen molar-refractivity contribution in [2.75, 3.05) is 6.54 Å². The summed E-state index contributed by atoms with van der Waals surface area (Å²) in [6, 6.07) is 7.11. The Labute approximate surface area is 136 Å². The van der Waals surface area contributed by atoms with Gasteiger partial charge in [-0.1, -0.05) is 47.7 Å². The minimum atomic E-state index is -1.13. The zero-order valence-corrected chi connectivity index (χ0v) is 13.3. The van der Waals surface area contributed by atoms with Gasteiger partial charge in [-0.05, 0) is 36.6 Å². The van der Waals surface area contributed by atoms with E-state index in [0.717, 1.165) is 5.56 Å². The van der Waals surface area contributed by atoms with E-state index in [1.165, 1.54) is 16.7 Å². The molecule has 1 heterocycles. The van der Waals surface area contributed by atoms with E-state index in [-0.39, 0.29) is 18.9 Å². The first-order valence-electron chi connectivity index (χ1n) is 6.18. The number of benzene rings is 1. The van der Waals surface area contributed by atoms with Crippen LogP contribution >= 0.6 is 35.6 Å². The van der Waals surface area contributed by atoms with Gasteiger partial charge >= 0.3 is 0 Å². The van der Waals surface area contributed by atoms with Crippen LogP contribution in [0.15, 0.2) is 29.2 Å². The van der Waals surface area contributed by atoms with Gasteiger partial charge in [0.2, 0.25) is 0 Å². The Morgan fingerprint density at radius 3 is 2.67 bits per heavy atom. The lowest BCUT2D eigenvalue weighted by Gasteiger charge is -2.14. The number of nitrogens with zero attached hydrogens (tertiary/aromatic N) is 1. The summed E-state index contributed by atoms with van der Waals surface area (Å²) < 4.78 is 0.443. The van der Waals surface area contributed by atoms with Crippen LogP contribution < -0.4 is 5.11 Å². The minimum absolute atomic E-state index is 0.0900. The van der Waals surface area contributed by atoms with Gasteiger partial charge in [0.25, 0.3) is 5.91 Å². The maximum Gasteiger partial charge on any atom is 0.266 e. The Balaban J connectivity index is 2.06. The second kappa shape index (κ2) is 7.06. The predicted molar refractivity (Wildman–Crippen MR) is 85.6 cm³/mol. The van der Waals surface area contributed by atoms with Gasteiger partial charge in [-0.15, -0.1) is 0 Å². The van der Waals surface area contributed by atoms with E-state index in [2.05, 4.69) is 0 Å². The van der Waals surface area contributed by atoms with E-state index in [4.69, 9.17) is 23.8 Å². The Bertz CT molecular complexity index is 613. The molecular weight excluding hydrogens is 330 g/mol. The molecule has 0 N–H and O–H groups in total. The first-order valence-corrected chi connectivity index (χ1v) is 7.78. The molecule has 0 aliphatic carbocycles. The predicted octanol–water partition coefficient (Wildman–Crippen LogP) is 2.07. The molecule has 0 bridgehead atoms. The summed E-state index contributed by atoms with van der Waals surface area (Å²) in [5.41, 5.74) is 0.856. The van der Waals surface area contributed by atoms with E-state index < -0.39 is 5.97 Å². The molecule has 1 fully saturated rings. The highest BCUT2D eigenvalue weighted by Gasteiger charge is 2.31. The Morgan fingerprint density at radius 2 is 2.05 bits per heavy atom. The lowest BCUT2D eigenvalue weighted by Crippen LogP contribution is -2.30. The molecule has 1 aliphatic rings. The molecule has 0 aromatic heterocycles. The maximum atomic E-state index is 12.2. The molecular formula is C14H11ClNO3S2-. The zero-order chi connectivity index (χ0) is 15.4. The standard InChI is InChI=1S/C14H12ClNO3S2/c15-10-5-3-9(4-6-10)8-11-13(19)16(14(20)21-11)7-1-2-12(17)18/h3-6,8H,1-2,7H2,(H,17,18)/p-1. The number of hydrogen-bond acceptors (Lipinski definition) is 5. The third-order valence-electron chi connectivity index (χ3n) is 2.80. The largest absolute Gasteiger partial charge is 0.550 e. The molecule has 0 atom stereocenters. The number of rotatable bonds is 5. The van der Waals surface area contributed by atoms with E-state index in [1.807, 2.05) is 12.1 Å². The third-order valence-corrected chi connectivity index (χ3v) is 4.43. The molecule has 110 valence electrons. The van der Waals surface area contributed by atoms with E-state index >= 15 is 0 Å². The summed E-state index contributed by atoms with van der Waals surface area (Å²) in [6.07, 6.45) is 1.98. The zero-order valence-electron chi connectivity index (χ0n) is 10.9. The Kier molecular flexibility index (Phi) is 5.39. The molecule has 7 heteroatoms. The molecule has 0 spiro atoms. The summed E-state index contributed by atoms with van der Waals surface area (Å²) in [5.74, 6) is -1.32. The smallest absolute Gasteiger partial charge is 0.266 e. The van der Waals surface area contributed by atoms with Crippen molar-refractivity contribution in [3.63, 3.8) is 0 Å². The van der Waals surface area contributed by atoms with Crippen molar-refractivity contribution in [3.8, 4) is 0 Å². The molecule has 1 amide bonds. The highest BCUT2D eigenvalue weighted by molar-refractivity contribution is 8.26. The van der Waals surface area contributed by atoms with E-state index in [1.54, 1.807) is 18.2 Å². The number of carboxylic acid groups (broad SMARTS) is 1. The van der Waals surface area contributed by atoms with Crippen LogP contribution in [0.1, 0.15) is 18.4 Å². The summed E-state index contributed by atoms with van der Waals surface area (Å²) in [5, 5.41) is 11.0. The van der Waals surface area contributed by atoms with Gasteiger partial charge in [0.05, 0.1) is 4.91 Å². The van der Waals surface area contributed by atoms with Crippen molar-refractivity contribution < 1.29 is 14.7 Å². The second-order valence-corrected chi connectivity index (χ2v) is 6.47. The highest BCUT2D eigenvalue weighted by Crippen LogP contribution is 2.32. The number of aliphatic carboxylic acids is 1. The topological polar surface area (TPSA) is 60.4 Å². The second-order valence-electron chi connectivity index (χ2n) is 4.36. The van der Waals surface area contributed by atoms with Crippen molar-refractivity contribution in [1.82, 2.24) is 4.90 Å². The fourth-order valence-electron chi connectivity index (χ4n) is 1.78. The molecule has 0 unspecified atom stereocenters. The van der Waals surface area contributed by atoms with E-state index in [0.29, 0.717) is 20.7 Å². The van der Waals surface area contributed by atoms with Gasteiger partial charge in [-0.2, -0.15) is 0 Å². The minimum Gasteiger partial charge on any atom is -0.550 e. The number of hydrogen-bond donors (Lipinski definition) is 0. The first-order chi connectivity index (χ1) is 9.97. The molecule has 4 nitrogen and oxygen atoms in total. The van der Waals surface area contributed by atoms with Gasteiger partial charge < -0.3 is 9.90 Å². The van der Waals surface area contributed by atoms with Crippen LogP contribution in [-0.2, 0) is 9.59 Å². The average Bonchev–Trinajstić information content (AvgIpc) is 2.68. The van der Waals surface area contributed by atoms with Crippen LogP contribution in [0.4, 0.5) is 0 Å². The number of carbonyl (C=O) groups excluding carboxylic acids is 2. The first kappa shape index (κ1) is 16.0. The number of halogens is 1. The Hall–Kier alpha value is -1.37. The van der Waals surface area contributed by atoms with Crippen LogP contribution in [0.25, 0.3) is 6.08 Å². The van der Waals surface area contributed by atoms with Crippen LogP contribution in [0.3, 0.4) is 0 Å². The summed E-state index contributed by atoms with van der Waals surface area (Å²) in [6.45, 7) is 0.288. The number of amides is 1. The quantitative estimate of drug-likeness (QED) is 0.606. The van der Waals surface area contributed by atoms with Crippen molar-refractivity contribution in [2.45, 2.75) is 12.8 Å². The van der Waals surface area contributed by atoms with E-state index in [9.17, 15) is 14.7 Å². The monoisotopic (exact) mass is 340 g/mol. The molecule has 1 aromatic rings. The number of carboxylic acids is 1. The SMILES string of the molecule is O=C([O-])CCCN1C(=O)C(=Cc2ccc(Cl)cc2)SC1=S. The van der Waals surface area contributed by atoms with Crippen molar-refractivity contribution in [1.29, 1.82) is 0 Å². The number of thioether (sulfide) groups is 1. The van der Waals surface area contributed by atoms with Gasteiger partial charge in [-0.25, -0.2) is 0 Å². The molecule has 0 radical (unpaired) electrons. The summed E-state index contributed by atoms with van der Waals surface area (Å²) in [4.78, 5) is 24.6. The van der Waals surface area contributed by atoms with Crippen LogP contribution in [0.5, 0.6) is 0 Å². The number of thiocarbonyl (C=S) groups is 1. The molecule has 2 rings (SSSR count). The number of carbonyl (C=O) groups is 2. The van der Waals surface area contributed by atoms with Gasteiger partial charge in [0.15, 0.2) is 0 Å². The molecule has 0 saturated carbocycles. The molecule has 1 aliphatic heterocycles. The highest BCUT2D eigenvalue weighted by atomic mass is 35.5. The maximum absolute atomic E-state index is 12.2. The third kappa shape index (κ3) is 4.30. The van der Waals surface area contributed by atoms with Crippen molar-refractivity contribution in [3.05, 3.63) is 39.8 Å². The van der Waals surface area contributed by atoms with Gasteiger partial charge in [0, 0.05) is 17.5 Å². The van der Waals surface area contributed by atoms with Gasteiger partial charge in [0.1, 0.15) is 4.32 Å². The van der Waals surface area contributed by atoms with Crippen molar-refractivity contribution >= 4 is 57.9 Å². The fraction of sp³-hybridized carbons (Fsp3) is 0.214. The lowest BCUT2D eigenvalue weighted by atomic mass is 10.2. The average molecular weight is 341 g/mol. The van der Waals surface area contributed by atoms with Crippen LogP contribution in [0.2, 0.25) is 5.02 Å². The van der Waals surface area contributed by atoms with Crippen LogP contribution in [0, 0.1) is 0 Å². The lowest BCUT2D eigenvalue weighted by molar-refractivity contribution is -0.305. The van der Waals surface area contributed by atoms with Crippen molar-refractivity contribution in [2.24, 2.45) is 0 Å². The normalized spacial score (nSPS) is 16.8. The summed E-state index contributed by atoms with van der Waals surface area (Å²) in [7, 11) is 0. The fourth-order valence-corrected chi connectivity index (χ4v) is 3.22. The molecule has 21 heavy (non-hydrogen) atoms. The Morgan fingerprint density at radius 1 is 1.38 bits per heavy atom. The molecule has 1 saturated heterocycles. The molecule has 1 aromatic carbocycles. The van der Waals surface area contributed by atoms with Crippen LogP contribution in [-0.4, -0.2) is 27.6 Å². The van der Waals surface area contributed by atoms with Gasteiger partial charge in [-0.3, -0.25) is 9.69 Å².